The van der Waals surface area contributed by atoms with Crippen LogP contribution in [0.1, 0.15) is 24.3 Å². The summed E-state index contributed by atoms with van der Waals surface area (Å²) in [4.78, 5) is 31.3. The van der Waals surface area contributed by atoms with Gasteiger partial charge in [0.05, 0.1) is 5.52 Å². The van der Waals surface area contributed by atoms with Gasteiger partial charge in [-0.05, 0) is 50.2 Å². The van der Waals surface area contributed by atoms with Crippen LogP contribution in [0.4, 0.5) is 5.69 Å². The average molecular weight is 400 g/mol. The second kappa shape index (κ2) is 8.37. The van der Waals surface area contributed by atoms with Gasteiger partial charge in [-0.3, -0.25) is 9.59 Å². The number of para-hydroxylation sites is 1. The zero-order valence-corrected chi connectivity index (χ0v) is 17.1. The predicted molar refractivity (Wildman–Crippen MR) is 120 cm³/mol. The Morgan fingerprint density at radius 3 is 2.57 bits per heavy atom. The van der Waals surface area contributed by atoms with E-state index < -0.39 is 0 Å². The zero-order valence-electron chi connectivity index (χ0n) is 17.1. The Morgan fingerprint density at radius 1 is 0.967 bits per heavy atom. The number of benzene rings is 2. The van der Waals surface area contributed by atoms with Crippen molar-refractivity contribution in [3.63, 3.8) is 0 Å². The molecule has 0 radical (unpaired) electrons. The molecule has 0 fully saturated rings. The molecule has 2 heterocycles. The zero-order chi connectivity index (χ0) is 21.1. The van der Waals surface area contributed by atoms with E-state index in [0.717, 1.165) is 21.8 Å². The van der Waals surface area contributed by atoms with Crippen LogP contribution in [0.2, 0.25) is 0 Å². The van der Waals surface area contributed by atoms with Crippen molar-refractivity contribution in [2.45, 2.75) is 20.4 Å². The molecule has 0 spiro atoms. The van der Waals surface area contributed by atoms with Crippen molar-refractivity contribution in [1.82, 2.24) is 14.5 Å². The van der Waals surface area contributed by atoms with Crippen molar-refractivity contribution >= 4 is 39.3 Å². The summed E-state index contributed by atoms with van der Waals surface area (Å²) in [6.07, 6.45) is 1.91. The highest BCUT2D eigenvalue weighted by molar-refractivity contribution is 6.05. The van der Waals surface area contributed by atoms with E-state index in [1.807, 2.05) is 84.1 Å². The minimum atomic E-state index is -0.253. The largest absolute Gasteiger partial charge is 0.342 e. The summed E-state index contributed by atoms with van der Waals surface area (Å²) in [5.74, 6) is -0.159. The van der Waals surface area contributed by atoms with Crippen LogP contribution < -0.4 is 5.32 Å². The van der Waals surface area contributed by atoms with E-state index in [1.165, 1.54) is 0 Å². The molecule has 4 aromatic rings. The molecule has 6 nitrogen and oxygen atoms in total. The van der Waals surface area contributed by atoms with Crippen molar-refractivity contribution in [2.24, 2.45) is 0 Å². The molecule has 1 N–H and O–H groups in total. The average Bonchev–Trinajstić information content (AvgIpc) is 3.16. The van der Waals surface area contributed by atoms with E-state index in [-0.39, 0.29) is 11.8 Å². The van der Waals surface area contributed by atoms with E-state index in [1.54, 1.807) is 6.07 Å². The van der Waals surface area contributed by atoms with Crippen LogP contribution in [-0.2, 0) is 11.3 Å². The van der Waals surface area contributed by atoms with Crippen LogP contribution in [0.5, 0.6) is 0 Å². The lowest BCUT2D eigenvalue weighted by atomic mass is 10.2. The van der Waals surface area contributed by atoms with Gasteiger partial charge in [-0.15, -0.1) is 0 Å². The Morgan fingerprint density at radius 2 is 1.77 bits per heavy atom. The SMILES string of the molecule is CCN(CC)C(=O)Cn1ccc2cc(NC(=O)c3ccc4ccccc4n3)ccc21. The first-order chi connectivity index (χ1) is 14.6. The molecule has 152 valence electrons. The summed E-state index contributed by atoms with van der Waals surface area (Å²) >= 11 is 0. The van der Waals surface area contributed by atoms with Gasteiger partial charge in [0.1, 0.15) is 12.2 Å². The molecule has 0 unspecified atom stereocenters. The maximum atomic E-state index is 12.7. The van der Waals surface area contributed by atoms with E-state index in [0.29, 0.717) is 31.0 Å². The van der Waals surface area contributed by atoms with E-state index in [4.69, 9.17) is 0 Å². The van der Waals surface area contributed by atoms with Crippen LogP contribution in [0.25, 0.3) is 21.8 Å². The van der Waals surface area contributed by atoms with E-state index in [2.05, 4.69) is 10.3 Å². The number of nitrogens with one attached hydrogen (secondary N) is 1. The number of nitrogens with zero attached hydrogens (tertiary/aromatic N) is 3. The molecule has 6 heteroatoms. The maximum Gasteiger partial charge on any atom is 0.274 e. The topological polar surface area (TPSA) is 67.2 Å². The quantitative estimate of drug-likeness (QED) is 0.524. The molecular formula is C24H24N4O2. The molecule has 2 amide bonds. The van der Waals surface area contributed by atoms with Gasteiger partial charge >= 0.3 is 0 Å². The normalized spacial score (nSPS) is 11.0. The van der Waals surface area contributed by atoms with E-state index in [9.17, 15) is 9.59 Å². The molecule has 0 saturated heterocycles. The van der Waals surface area contributed by atoms with E-state index >= 15 is 0 Å². The van der Waals surface area contributed by atoms with Crippen LogP contribution in [0.3, 0.4) is 0 Å². The van der Waals surface area contributed by atoms with Gasteiger partial charge in [0.2, 0.25) is 5.91 Å². The Hall–Kier alpha value is -3.67. The number of anilines is 1. The third-order valence-electron chi connectivity index (χ3n) is 5.28. The molecule has 0 aliphatic heterocycles. The van der Waals surface area contributed by atoms with Gasteiger partial charge in [-0.2, -0.15) is 0 Å². The fraction of sp³-hybridized carbons (Fsp3) is 0.208. The van der Waals surface area contributed by atoms with Crippen molar-refractivity contribution in [3.05, 3.63) is 72.6 Å². The van der Waals surface area contributed by atoms with Crippen LogP contribution in [-0.4, -0.2) is 39.4 Å². The summed E-state index contributed by atoms with van der Waals surface area (Å²) in [6, 6.07) is 19.0. The molecular weight excluding hydrogens is 376 g/mol. The van der Waals surface area contributed by atoms with Gasteiger partial charge in [-0.1, -0.05) is 24.3 Å². The van der Waals surface area contributed by atoms with Crippen molar-refractivity contribution in [2.75, 3.05) is 18.4 Å². The number of aromatic nitrogens is 2. The Balaban J connectivity index is 1.52. The third kappa shape index (κ3) is 3.89. The molecule has 0 aliphatic rings. The molecule has 4 rings (SSSR count). The number of hydrogen-bond donors (Lipinski definition) is 1. The second-order valence-electron chi connectivity index (χ2n) is 7.13. The molecule has 30 heavy (non-hydrogen) atoms. The first-order valence-electron chi connectivity index (χ1n) is 10.1. The number of rotatable bonds is 6. The number of hydrogen-bond acceptors (Lipinski definition) is 3. The van der Waals surface area contributed by atoms with Gasteiger partial charge < -0.3 is 14.8 Å². The fourth-order valence-corrected chi connectivity index (χ4v) is 3.63. The number of likely N-dealkylation sites (N-methyl/N-ethyl adjacent to an activating group) is 1. The number of carbonyl (C=O) groups excluding carboxylic acids is 2. The lowest BCUT2D eigenvalue weighted by molar-refractivity contribution is -0.131. The molecule has 0 saturated carbocycles. The Labute approximate surface area is 175 Å². The van der Waals surface area contributed by atoms with Gasteiger partial charge in [-0.25, -0.2) is 4.98 Å². The van der Waals surface area contributed by atoms with Crippen LogP contribution in [0.15, 0.2) is 66.9 Å². The minimum Gasteiger partial charge on any atom is -0.342 e. The summed E-state index contributed by atoms with van der Waals surface area (Å²) in [6.45, 7) is 5.67. The smallest absolute Gasteiger partial charge is 0.274 e. The highest BCUT2D eigenvalue weighted by atomic mass is 16.2. The monoisotopic (exact) mass is 400 g/mol. The second-order valence-corrected chi connectivity index (χ2v) is 7.13. The van der Waals surface area contributed by atoms with Crippen LogP contribution in [0, 0.1) is 0 Å². The Bertz CT molecular complexity index is 1220. The van der Waals surface area contributed by atoms with Gasteiger partial charge in [0.15, 0.2) is 0 Å². The summed E-state index contributed by atoms with van der Waals surface area (Å²) < 4.78 is 1.94. The van der Waals surface area contributed by atoms with Crippen molar-refractivity contribution in [1.29, 1.82) is 0 Å². The fourth-order valence-electron chi connectivity index (χ4n) is 3.63. The van der Waals surface area contributed by atoms with Crippen molar-refractivity contribution in [3.8, 4) is 0 Å². The Kier molecular flexibility index (Phi) is 5.48. The lowest BCUT2D eigenvalue weighted by Crippen LogP contribution is -2.33. The number of fused-ring (bicyclic) bond motifs is 2. The highest BCUT2D eigenvalue weighted by Gasteiger charge is 2.13. The third-order valence-corrected chi connectivity index (χ3v) is 5.28. The molecule has 2 aromatic heterocycles. The van der Waals surface area contributed by atoms with Crippen LogP contribution >= 0.6 is 0 Å². The standard InChI is InChI=1S/C24H24N4O2/c1-3-27(4-2)23(29)16-28-14-13-18-15-19(10-12-22(18)28)25-24(30)21-11-9-17-7-5-6-8-20(17)26-21/h5-15H,3-4,16H2,1-2H3,(H,25,30). The van der Waals surface area contributed by atoms with Gasteiger partial charge in [0, 0.05) is 41.3 Å². The summed E-state index contributed by atoms with van der Waals surface area (Å²) in [5.41, 5.74) is 2.80. The summed E-state index contributed by atoms with van der Waals surface area (Å²) in [5, 5.41) is 4.88. The maximum absolute atomic E-state index is 12.7. The molecule has 0 atom stereocenters. The predicted octanol–water partition coefficient (Wildman–Crippen LogP) is 4.31. The summed E-state index contributed by atoms with van der Waals surface area (Å²) in [7, 11) is 0. The van der Waals surface area contributed by atoms with Gasteiger partial charge in [0.25, 0.3) is 5.91 Å². The highest BCUT2D eigenvalue weighted by Crippen LogP contribution is 2.21. The lowest BCUT2D eigenvalue weighted by Gasteiger charge is -2.19. The first-order valence-corrected chi connectivity index (χ1v) is 10.1. The number of pyridine rings is 1. The molecule has 2 aromatic carbocycles. The molecule has 0 aliphatic carbocycles. The first kappa shape index (κ1) is 19.6. The number of carbonyl (C=O) groups is 2. The van der Waals surface area contributed by atoms with Crippen molar-refractivity contribution < 1.29 is 9.59 Å². The minimum absolute atomic E-state index is 0.0947. The number of amides is 2. The molecule has 0 bridgehead atoms.